The molecule has 2 nitrogen and oxygen atoms in total. The van der Waals surface area contributed by atoms with Crippen molar-refractivity contribution in [3.05, 3.63) is 35.4 Å². The zero-order chi connectivity index (χ0) is 11.3. The standard InChI is InChI=1S/C13H18O2/c1-3-5-11-6-4-7-12(9-11)10(2)8-13(14)15/h4,6-7,9-10H,3,5,8H2,1-2H3,(H,14,15). The lowest BCUT2D eigenvalue weighted by atomic mass is 9.95. The van der Waals surface area contributed by atoms with E-state index in [0.717, 1.165) is 18.4 Å². The Bertz CT molecular complexity index is 331. The molecule has 0 aliphatic heterocycles. The molecule has 0 amide bonds. The van der Waals surface area contributed by atoms with E-state index in [-0.39, 0.29) is 12.3 Å². The van der Waals surface area contributed by atoms with E-state index in [9.17, 15) is 4.79 Å². The SMILES string of the molecule is CCCc1cccc(C(C)CC(=O)O)c1. The second kappa shape index (κ2) is 5.54. The van der Waals surface area contributed by atoms with E-state index in [2.05, 4.69) is 19.1 Å². The molecular formula is C13H18O2. The van der Waals surface area contributed by atoms with Gasteiger partial charge in [-0.15, -0.1) is 0 Å². The van der Waals surface area contributed by atoms with Crippen LogP contribution in [0.1, 0.15) is 43.7 Å². The molecule has 1 atom stereocenters. The molecule has 1 unspecified atom stereocenters. The molecule has 1 aromatic carbocycles. The molecule has 1 rings (SSSR count). The Kier molecular flexibility index (Phi) is 4.35. The zero-order valence-corrected chi connectivity index (χ0v) is 9.36. The molecule has 0 aliphatic rings. The van der Waals surface area contributed by atoms with Gasteiger partial charge in [0, 0.05) is 0 Å². The summed E-state index contributed by atoms with van der Waals surface area (Å²) in [6, 6.07) is 8.24. The first-order valence-electron chi connectivity index (χ1n) is 5.44. The fourth-order valence-corrected chi connectivity index (χ4v) is 1.72. The molecule has 0 fully saturated rings. The predicted octanol–water partition coefficient (Wildman–Crippen LogP) is 3.22. The van der Waals surface area contributed by atoms with Crippen molar-refractivity contribution < 1.29 is 9.90 Å². The van der Waals surface area contributed by atoms with Gasteiger partial charge in [-0.2, -0.15) is 0 Å². The summed E-state index contributed by atoms with van der Waals surface area (Å²) < 4.78 is 0. The fourth-order valence-electron chi connectivity index (χ4n) is 1.72. The maximum absolute atomic E-state index is 10.6. The molecule has 0 saturated carbocycles. The summed E-state index contributed by atoms with van der Waals surface area (Å²) in [5.74, 6) is -0.636. The Labute approximate surface area is 90.9 Å². The summed E-state index contributed by atoms with van der Waals surface area (Å²) in [4.78, 5) is 10.6. The minimum Gasteiger partial charge on any atom is -0.481 e. The van der Waals surface area contributed by atoms with Gasteiger partial charge in [-0.1, -0.05) is 44.5 Å². The molecule has 0 aromatic heterocycles. The quantitative estimate of drug-likeness (QED) is 0.803. The van der Waals surface area contributed by atoms with E-state index in [1.54, 1.807) is 0 Å². The predicted molar refractivity (Wildman–Crippen MR) is 61.1 cm³/mol. The van der Waals surface area contributed by atoms with E-state index in [0.29, 0.717) is 0 Å². The summed E-state index contributed by atoms with van der Waals surface area (Å²) in [5, 5.41) is 8.72. The van der Waals surface area contributed by atoms with Crippen molar-refractivity contribution in [2.75, 3.05) is 0 Å². The first-order chi connectivity index (χ1) is 7.13. The molecule has 1 N–H and O–H groups in total. The van der Waals surface area contributed by atoms with Crippen molar-refractivity contribution in [3.63, 3.8) is 0 Å². The van der Waals surface area contributed by atoms with Gasteiger partial charge in [0.05, 0.1) is 6.42 Å². The van der Waals surface area contributed by atoms with Gasteiger partial charge in [-0.25, -0.2) is 0 Å². The van der Waals surface area contributed by atoms with Crippen LogP contribution in [-0.2, 0) is 11.2 Å². The number of aliphatic carboxylic acids is 1. The summed E-state index contributed by atoms with van der Waals surface area (Å²) in [5.41, 5.74) is 2.43. The second-order valence-corrected chi connectivity index (χ2v) is 3.99. The van der Waals surface area contributed by atoms with E-state index < -0.39 is 5.97 Å². The Morgan fingerprint density at radius 3 is 2.80 bits per heavy atom. The number of hydrogen-bond acceptors (Lipinski definition) is 1. The lowest BCUT2D eigenvalue weighted by molar-refractivity contribution is -0.137. The van der Waals surface area contributed by atoms with E-state index >= 15 is 0 Å². The monoisotopic (exact) mass is 206 g/mol. The summed E-state index contributed by atoms with van der Waals surface area (Å²) >= 11 is 0. The number of rotatable bonds is 5. The van der Waals surface area contributed by atoms with Gasteiger partial charge in [0.15, 0.2) is 0 Å². The highest BCUT2D eigenvalue weighted by Gasteiger charge is 2.09. The fraction of sp³-hybridized carbons (Fsp3) is 0.462. The van der Waals surface area contributed by atoms with Gasteiger partial charge in [0.1, 0.15) is 0 Å². The first kappa shape index (κ1) is 11.8. The maximum Gasteiger partial charge on any atom is 0.303 e. The number of benzene rings is 1. The minimum atomic E-state index is -0.733. The van der Waals surface area contributed by atoms with E-state index in [1.807, 2.05) is 19.1 Å². The van der Waals surface area contributed by atoms with Crippen LogP contribution < -0.4 is 0 Å². The first-order valence-corrected chi connectivity index (χ1v) is 5.44. The second-order valence-electron chi connectivity index (χ2n) is 3.99. The van der Waals surface area contributed by atoms with E-state index in [1.165, 1.54) is 5.56 Å². The minimum absolute atomic E-state index is 0.0966. The lowest BCUT2D eigenvalue weighted by Gasteiger charge is -2.10. The topological polar surface area (TPSA) is 37.3 Å². The highest BCUT2D eigenvalue weighted by Crippen LogP contribution is 2.20. The highest BCUT2D eigenvalue weighted by molar-refractivity contribution is 5.67. The normalized spacial score (nSPS) is 12.4. The summed E-state index contributed by atoms with van der Waals surface area (Å²) in [6.45, 7) is 4.10. The molecule has 15 heavy (non-hydrogen) atoms. The summed E-state index contributed by atoms with van der Waals surface area (Å²) in [7, 11) is 0. The Morgan fingerprint density at radius 2 is 2.20 bits per heavy atom. The van der Waals surface area contributed by atoms with Crippen LogP contribution in [0, 0.1) is 0 Å². The largest absolute Gasteiger partial charge is 0.481 e. The molecule has 0 spiro atoms. The van der Waals surface area contributed by atoms with Crippen LogP contribution in [0.15, 0.2) is 24.3 Å². The molecule has 0 saturated heterocycles. The molecule has 0 aliphatic carbocycles. The third-order valence-corrected chi connectivity index (χ3v) is 2.54. The van der Waals surface area contributed by atoms with Crippen LogP contribution in [0.3, 0.4) is 0 Å². The van der Waals surface area contributed by atoms with Gasteiger partial charge in [0.2, 0.25) is 0 Å². The third kappa shape index (κ3) is 3.74. The van der Waals surface area contributed by atoms with Crippen LogP contribution >= 0.6 is 0 Å². The van der Waals surface area contributed by atoms with Crippen molar-refractivity contribution in [3.8, 4) is 0 Å². The molecule has 2 heteroatoms. The van der Waals surface area contributed by atoms with Crippen molar-refractivity contribution >= 4 is 5.97 Å². The van der Waals surface area contributed by atoms with Crippen molar-refractivity contribution in [2.24, 2.45) is 0 Å². The molecule has 0 bridgehead atoms. The molecule has 82 valence electrons. The van der Waals surface area contributed by atoms with Gasteiger partial charge in [-0.05, 0) is 23.5 Å². The van der Waals surface area contributed by atoms with Crippen LogP contribution in [0.2, 0.25) is 0 Å². The number of hydrogen-bond donors (Lipinski definition) is 1. The average molecular weight is 206 g/mol. The third-order valence-electron chi connectivity index (χ3n) is 2.54. The molecule has 0 heterocycles. The van der Waals surface area contributed by atoms with Crippen LogP contribution in [-0.4, -0.2) is 11.1 Å². The number of carbonyl (C=O) groups is 1. The van der Waals surface area contributed by atoms with Gasteiger partial charge in [0.25, 0.3) is 0 Å². The number of aryl methyl sites for hydroxylation is 1. The van der Waals surface area contributed by atoms with Gasteiger partial charge in [-0.3, -0.25) is 4.79 Å². The van der Waals surface area contributed by atoms with E-state index in [4.69, 9.17) is 5.11 Å². The smallest absolute Gasteiger partial charge is 0.303 e. The Balaban J connectivity index is 2.75. The van der Waals surface area contributed by atoms with Crippen molar-refractivity contribution in [2.45, 2.75) is 39.0 Å². The molecule has 1 aromatic rings. The van der Waals surface area contributed by atoms with Gasteiger partial charge >= 0.3 is 5.97 Å². The van der Waals surface area contributed by atoms with Gasteiger partial charge < -0.3 is 5.11 Å². The zero-order valence-electron chi connectivity index (χ0n) is 9.36. The highest BCUT2D eigenvalue weighted by atomic mass is 16.4. The maximum atomic E-state index is 10.6. The Morgan fingerprint density at radius 1 is 1.47 bits per heavy atom. The average Bonchev–Trinajstić information content (AvgIpc) is 2.17. The molecule has 0 radical (unpaired) electrons. The van der Waals surface area contributed by atoms with Crippen LogP contribution in [0.25, 0.3) is 0 Å². The number of carboxylic acid groups (broad SMARTS) is 1. The van der Waals surface area contributed by atoms with Crippen LogP contribution in [0.4, 0.5) is 0 Å². The Hall–Kier alpha value is -1.31. The molecular weight excluding hydrogens is 188 g/mol. The van der Waals surface area contributed by atoms with Crippen molar-refractivity contribution in [1.29, 1.82) is 0 Å². The lowest BCUT2D eigenvalue weighted by Crippen LogP contribution is -2.03. The number of carboxylic acids is 1. The van der Waals surface area contributed by atoms with Crippen molar-refractivity contribution in [1.82, 2.24) is 0 Å². The summed E-state index contributed by atoms with van der Waals surface area (Å²) in [6.07, 6.45) is 2.39. The van der Waals surface area contributed by atoms with Crippen LogP contribution in [0.5, 0.6) is 0 Å².